The first-order valence-corrected chi connectivity index (χ1v) is 11.2. The fourth-order valence-corrected chi connectivity index (χ4v) is 5.07. The summed E-state index contributed by atoms with van der Waals surface area (Å²) >= 11 is 0. The minimum Gasteiger partial charge on any atom is -0.382 e. The highest BCUT2D eigenvalue weighted by Gasteiger charge is 2.37. The number of amides is 2. The number of benzene rings is 1. The molecule has 2 amide bonds. The molecule has 2 saturated carbocycles. The third-order valence-electron chi connectivity index (χ3n) is 6.65. The zero-order valence-corrected chi connectivity index (χ0v) is 16.8. The van der Waals surface area contributed by atoms with E-state index in [0.717, 1.165) is 24.2 Å². The fraction of sp³-hybridized carbons (Fsp3) is 0.652. The van der Waals surface area contributed by atoms with Crippen LogP contribution in [0.1, 0.15) is 70.6 Å². The van der Waals surface area contributed by atoms with Crippen molar-refractivity contribution in [2.24, 2.45) is 5.92 Å². The number of anilines is 2. The molecule has 2 N–H and O–H groups in total. The Kier molecular flexibility index (Phi) is 6.18. The molecule has 5 heteroatoms. The highest BCUT2D eigenvalue weighted by Crippen LogP contribution is 2.29. The molecule has 0 bridgehead atoms. The van der Waals surface area contributed by atoms with Crippen molar-refractivity contribution >= 4 is 23.2 Å². The first kappa shape index (κ1) is 19.3. The zero-order valence-electron chi connectivity index (χ0n) is 16.8. The van der Waals surface area contributed by atoms with Gasteiger partial charge in [0.25, 0.3) is 0 Å². The van der Waals surface area contributed by atoms with E-state index in [-0.39, 0.29) is 17.7 Å². The third-order valence-corrected chi connectivity index (χ3v) is 6.65. The zero-order chi connectivity index (χ0) is 19.3. The first-order valence-electron chi connectivity index (χ1n) is 11.2. The Hall–Kier alpha value is -2.04. The van der Waals surface area contributed by atoms with Crippen molar-refractivity contribution in [3.63, 3.8) is 0 Å². The minimum atomic E-state index is -0.234. The van der Waals surface area contributed by atoms with E-state index in [1.165, 1.54) is 51.4 Å². The second-order valence-corrected chi connectivity index (χ2v) is 8.79. The summed E-state index contributed by atoms with van der Waals surface area (Å²) in [7, 11) is 0. The van der Waals surface area contributed by atoms with Gasteiger partial charge in [-0.05, 0) is 43.9 Å². The lowest BCUT2D eigenvalue weighted by Gasteiger charge is -2.27. The molecule has 1 saturated heterocycles. The normalized spacial score (nSPS) is 24.4. The molecule has 1 aliphatic heterocycles. The molecule has 0 radical (unpaired) electrons. The standard InChI is InChI=1S/C23H33N3O2/c27-22-14-17(16-26(22)21-12-3-1-2-4-13-21)23(28)25-20-11-7-10-19(15-20)24-18-8-5-6-9-18/h7,10-11,15,17-18,21,24H,1-6,8-9,12-14,16H2,(H,25,28). The predicted molar refractivity (Wildman–Crippen MR) is 112 cm³/mol. The van der Waals surface area contributed by atoms with Crippen LogP contribution in [0.15, 0.2) is 24.3 Å². The number of carbonyl (C=O) groups excluding carboxylic acids is 2. The number of hydrogen-bond acceptors (Lipinski definition) is 3. The van der Waals surface area contributed by atoms with Crippen LogP contribution in [0.5, 0.6) is 0 Å². The summed E-state index contributed by atoms with van der Waals surface area (Å²) in [6.07, 6.45) is 12.5. The van der Waals surface area contributed by atoms with Crippen LogP contribution >= 0.6 is 0 Å². The molecule has 1 unspecified atom stereocenters. The van der Waals surface area contributed by atoms with Gasteiger partial charge in [-0.1, -0.05) is 44.6 Å². The van der Waals surface area contributed by atoms with Gasteiger partial charge in [0.1, 0.15) is 0 Å². The maximum Gasteiger partial charge on any atom is 0.229 e. The highest BCUT2D eigenvalue weighted by atomic mass is 16.2. The lowest BCUT2D eigenvalue weighted by molar-refractivity contribution is -0.130. The molecular weight excluding hydrogens is 350 g/mol. The van der Waals surface area contributed by atoms with Crippen molar-refractivity contribution in [1.29, 1.82) is 0 Å². The van der Waals surface area contributed by atoms with Gasteiger partial charge in [-0.2, -0.15) is 0 Å². The average molecular weight is 384 g/mol. The molecule has 3 aliphatic rings. The molecule has 0 spiro atoms. The second kappa shape index (κ2) is 8.97. The van der Waals surface area contributed by atoms with E-state index in [9.17, 15) is 9.59 Å². The van der Waals surface area contributed by atoms with Crippen molar-refractivity contribution in [2.75, 3.05) is 17.2 Å². The van der Waals surface area contributed by atoms with Crippen LogP contribution in [0.4, 0.5) is 11.4 Å². The maximum atomic E-state index is 12.8. The van der Waals surface area contributed by atoms with Crippen molar-refractivity contribution in [2.45, 2.75) is 82.7 Å². The van der Waals surface area contributed by atoms with Crippen LogP contribution < -0.4 is 10.6 Å². The highest BCUT2D eigenvalue weighted by molar-refractivity contribution is 5.97. The van der Waals surface area contributed by atoms with Gasteiger partial charge in [0.2, 0.25) is 11.8 Å². The fourth-order valence-electron chi connectivity index (χ4n) is 5.07. The molecule has 1 atom stereocenters. The Morgan fingerprint density at radius 1 is 0.929 bits per heavy atom. The van der Waals surface area contributed by atoms with Crippen LogP contribution in [-0.2, 0) is 9.59 Å². The maximum absolute atomic E-state index is 12.8. The lowest BCUT2D eigenvalue weighted by atomic mass is 10.1. The van der Waals surface area contributed by atoms with Crippen molar-refractivity contribution in [1.82, 2.24) is 4.90 Å². The molecule has 1 heterocycles. The van der Waals surface area contributed by atoms with Gasteiger partial charge in [0, 0.05) is 36.4 Å². The first-order chi connectivity index (χ1) is 13.7. The Morgan fingerprint density at radius 3 is 2.36 bits per heavy atom. The summed E-state index contributed by atoms with van der Waals surface area (Å²) < 4.78 is 0. The number of nitrogens with one attached hydrogen (secondary N) is 2. The molecule has 28 heavy (non-hydrogen) atoms. The van der Waals surface area contributed by atoms with E-state index >= 15 is 0 Å². The molecular formula is C23H33N3O2. The van der Waals surface area contributed by atoms with Crippen LogP contribution in [-0.4, -0.2) is 35.3 Å². The van der Waals surface area contributed by atoms with E-state index in [4.69, 9.17) is 0 Å². The molecule has 4 rings (SSSR count). The molecule has 152 valence electrons. The number of rotatable bonds is 5. The van der Waals surface area contributed by atoms with Crippen LogP contribution in [0.3, 0.4) is 0 Å². The van der Waals surface area contributed by atoms with Crippen LogP contribution in [0.25, 0.3) is 0 Å². The average Bonchev–Trinajstić information content (AvgIpc) is 3.24. The number of likely N-dealkylation sites (tertiary alicyclic amines) is 1. The number of carbonyl (C=O) groups is 2. The molecule has 5 nitrogen and oxygen atoms in total. The quantitative estimate of drug-likeness (QED) is 0.733. The Bertz CT molecular complexity index is 691. The lowest BCUT2D eigenvalue weighted by Crippen LogP contribution is -2.37. The number of nitrogens with zero attached hydrogens (tertiary/aromatic N) is 1. The van der Waals surface area contributed by atoms with Gasteiger partial charge in [0.15, 0.2) is 0 Å². The summed E-state index contributed by atoms with van der Waals surface area (Å²) in [6, 6.07) is 8.86. The van der Waals surface area contributed by atoms with Crippen molar-refractivity contribution in [3.8, 4) is 0 Å². The summed E-state index contributed by atoms with van der Waals surface area (Å²) in [5.74, 6) is -0.103. The molecule has 2 aliphatic carbocycles. The Morgan fingerprint density at radius 2 is 1.61 bits per heavy atom. The summed E-state index contributed by atoms with van der Waals surface area (Å²) in [5.41, 5.74) is 1.88. The molecule has 1 aromatic rings. The predicted octanol–water partition coefficient (Wildman–Crippen LogP) is 4.55. The topological polar surface area (TPSA) is 61.4 Å². The van der Waals surface area contributed by atoms with Gasteiger partial charge in [0.05, 0.1) is 5.92 Å². The van der Waals surface area contributed by atoms with Gasteiger partial charge < -0.3 is 15.5 Å². The molecule has 3 fully saturated rings. The monoisotopic (exact) mass is 383 g/mol. The molecule has 0 aromatic heterocycles. The third kappa shape index (κ3) is 4.68. The van der Waals surface area contributed by atoms with E-state index in [1.54, 1.807) is 0 Å². The Labute approximate surface area is 168 Å². The van der Waals surface area contributed by atoms with E-state index in [1.807, 2.05) is 23.1 Å². The van der Waals surface area contributed by atoms with Crippen LogP contribution in [0, 0.1) is 5.92 Å². The largest absolute Gasteiger partial charge is 0.382 e. The number of hydrogen-bond donors (Lipinski definition) is 2. The second-order valence-electron chi connectivity index (χ2n) is 8.79. The minimum absolute atomic E-state index is 0.0255. The van der Waals surface area contributed by atoms with Crippen LogP contribution in [0.2, 0.25) is 0 Å². The summed E-state index contributed by atoms with van der Waals surface area (Å²) in [4.78, 5) is 27.3. The van der Waals surface area contributed by atoms with Gasteiger partial charge in [-0.15, -0.1) is 0 Å². The molecule has 1 aromatic carbocycles. The summed E-state index contributed by atoms with van der Waals surface area (Å²) in [6.45, 7) is 0.579. The smallest absolute Gasteiger partial charge is 0.229 e. The van der Waals surface area contributed by atoms with Gasteiger partial charge >= 0.3 is 0 Å². The van der Waals surface area contributed by atoms with E-state index < -0.39 is 0 Å². The SMILES string of the molecule is O=C(Nc1cccc(NC2CCCC2)c1)C1CC(=O)N(C2CCCCCC2)C1. The van der Waals surface area contributed by atoms with Gasteiger partial charge in [-0.25, -0.2) is 0 Å². The van der Waals surface area contributed by atoms with Gasteiger partial charge in [-0.3, -0.25) is 9.59 Å². The summed E-state index contributed by atoms with van der Waals surface area (Å²) in [5, 5.41) is 6.62. The van der Waals surface area contributed by atoms with Crippen molar-refractivity contribution in [3.05, 3.63) is 24.3 Å². The van der Waals surface area contributed by atoms with E-state index in [2.05, 4.69) is 16.7 Å². The van der Waals surface area contributed by atoms with E-state index in [0.29, 0.717) is 25.0 Å². The van der Waals surface area contributed by atoms with Crippen molar-refractivity contribution < 1.29 is 9.59 Å². The Balaban J connectivity index is 1.34.